The van der Waals surface area contributed by atoms with E-state index in [-0.39, 0.29) is 24.7 Å². The van der Waals surface area contributed by atoms with Crippen molar-refractivity contribution in [3.63, 3.8) is 0 Å². The summed E-state index contributed by atoms with van der Waals surface area (Å²) in [6.07, 6.45) is 3.65. The standard InChI is InChI=1S/C23H31F2N7O/c1-5-31-19(8-11-26-31)22(33)28-21(16-6-9-23(24,25)10-7-16)18-14-32-20(27-18)12-17(13-30(3)4)15(2)29-32/h8,11-12,14,16,21H,5-7,9-10,13H2,1-4H3,(H,28,33). The van der Waals surface area contributed by atoms with Crippen molar-refractivity contribution < 1.29 is 13.6 Å². The zero-order chi connectivity index (χ0) is 23.8. The maximum atomic E-state index is 13.9. The second kappa shape index (κ2) is 9.17. The van der Waals surface area contributed by atoms with Crippen LogP contribution in [0.4, 0.5) is 8.78 Å². The number of carbonyl (C=O) groups is 1. The Bertz CT molecular complexity index is 1130. The molecule has 0 aliphatic heterocycles. The molecule has 8 nitrogen and oxygen atoms in total. The molecule has 3 heterocycles. The van der Waals surface area contributed by atoms with Gasteiger partial charge in [0.05, 0.1) is 23.6 Å². The van der Waals surface area contributed by atoms with Gasteiger partial charge in [0, 0.05) is 32.1 Å². The number of alkyl halides is 2. The predicted octanol–water partition coefficient (Wildman–Crippen LogP) is 3.61. The largest absolute Gasteiger partial charge is 0.342 e. The van der Waals surface area contributed by atoms with Gasteiger partial charge >= 0.3 is 0 Å². The van der Waals surface area contributed by atoms with Gasteiger partial charge in [-0.25, -0.2) is 18.3 Å². The van der Waals surface area contributed by atoms with E-state index < -0.39 is 12.0 Å². The average Bonchev–Trinajstić information content (AvgIpc) is 3.38. The lowest BCUT2D eigenvalue weighted by Gasteiger charge is -2.33. The fourth-order valence-corrected chi connectivity index (χ4v) is 4.54. The van der Waals surface area contributed by atoms with Crippen molar-refractivity contribution in [3.8, 4) is 0 Å². The van der Waals surface area contributed by atoms with Gasteiger partial charge in [-0.3, -0.25) is 9.48 Å². The Hall–Kier alpha value is -2.88. The molecule has 1 aliphatic carbocycles. The van der Waals surface area contributed by atoms with Gasteiger partial charge in [-0.15, -0.1) is 0 Å². The molecule has 1 amide bonds. The summed E-state index contributed by atoms with van der Waals surface area (Å²) in [5.41, 5.74) is 3.70. The van der Waals surface area contributed by atoms with Crippen molar-refractivity contribution in [2.45, 2.75) is 64.6 Å². The van der Waals surface area contributed by atoms with E-state index in [9.17, 15) is 13.6 Å². The molecule has 3 aromatic rings. The number of nitrogens with one attached hydrogen (secondary N) is 1. The number of aryl methyl sites for hydroxylation is 2. The summed E-state index contributed by atoms with van der Waals surface area (Å²) in [5.74, 6) is -3.07. The van der Waals surface area contributed by atoms with Crippen molar-refractivity contribution in [3.05, 3.63) is 47.2 Å². The van der Waals surface area contributed by atoms with Gasteiger partial charge in [-0.2, -0.15) is 10.2 Å². The van der Waals surface area contributed by atoms with Crippen molar-refractivity contribution in [2.75, 3.05) is 14.1 Å². The van der Waals surface area contributed by atoms with E-state index in [4.69, 9.17) is 4.98 Å². The highest BCUT2D eigenvalue weighted by Crippen LogP contribution is 2.41. The predicted molar refractivity (Wildman–Crippen MR) is 120 cm³/mol. The van der Waals surface area contributed by atoms with Gasteiger partial charge in [0.1, 0.15) is 5.69 Å². The molecule has 3 aromatic heterocycles. The van der Waals surface area contributed by atoms with Crippen LogP contribution in [0.3, 0.4) is 0 Å². The molecule has 0 saturated heterocycles. The molecule has 0 radical (unpaired) electrons. The second-order valence-electron chi connectivity index (χ2n) is 9.14. The van der Waals surface area contributed by atoms with E-state index in [1.54, 1.807) is 27.7 Å². The second-order valence-corrected chi connectivity index (χ2v) is 9.14. The van der Waals surface area contributed by atoms with Crippen LogP contribution in [0.15, 0.2) is 24.5 Å². The quantitative estimate of drug-likeness (QED) is 0.584. The molecule has 1 fully saturated rings. The van der Waals surface area contributed by atoms with Gasteiger partial charge in [-0.1, -0.05) is 0 Å². The number of hydrogen-bond acceptors (Lipinski definition) is 5. The molecular weight excluding hydrogens is 428 g/mol. The lowest BCUT2D eigenvalue weighted by atomic mass is 9.81. The summed E-state index contributed by atoms with van der Waals surface area (Å²) in [4.78, 5) is 19.9. The number of hydrogen-bond donors (Lipinski definition) is 1. The van der Waals surface area contributed by atoms with E-state index in [0.717, 1.165) is 17.8 Å². The number of rotatable bonds is 7. The molecule has 1 atom stereocenters. The van der Waals surface area contributed by atoms with Crippen LogP contribution in [0, 0.1) is 12.8 Å². The van der Waals surface area contributed by atoms with Gasteiger partial charge < -0.3 is 10.2 Å². The average molecular weight is 460 g/mol. The maximum Gasteiger partial charge on any atom is 0.270 e. The van der Waals surface area contributed by atoms with Crippen molar-refractivity contribution in [1.29, 1.82) is 0 Å². The fraction of sp³-hybridized carbons (Fsp3) is 0.565. The van der Waals surface area contributed by atoms with E-state index in [2.05, 4.69) is 20.4 Å². The molecule has 0 spiro atoms. The number of amides is 1. The normalized spacial score (nSPS) is 17.5. The Morgan fingerprint density at radius 2 is 2.06 bits per heavy atom. The monoisotopic (exact) mass is 459 g/mol. The maximum absolute atomic E-state index is 13.9. The van der Waals surface area contributed by atoms with Gasteiger partial charge in [0.25, 0.3) is 5.91 Å². The first-order valence-corrected chi connectivity index (χ1v) is 11.4. The van der Waals surface area contributed by atoms with E-state index in [1.807, 2.05) is 34.0 Å². The SMILES string of the molecule is CCn1nccc1C(=O)NC(c1cn2nc(C)c(CN(C)C)cc2n1)C1CCC(F)(F)CC1. The summed E-state index contributed by atoms with van der Waals surface area (Å²) in [5, 5.41) is 11.9. The summed E-state index contributed by atoms with van der Waals surface area (Å²) in [7, 11) is 3.98. The van der Waals surface area contributed by atoms with Crippen LogP contribution in [0.5, 0.6) is 0 Å². The lowest BCUT2D eigenvalue weighted by Crippen LogP contribution is -2.38. The number of imidazole rings is 1. The molecule has 1 unspecified atom stereocenters. The summed E-state index contributed by atoms with van der Waals surface area (Å²) in [6.45, 7) is 5.15. The third kappa shape index (κ3) is 5.05. The number of carbonyl (C=O) groups excluding carboxylic acids is 1. The van der Waals surface area contributed by atoms with E-state index in [1.165, 1.54) is 0 Å². The van der Waals surface area contributed by atoms with Crippen LogP contribution in [0.1, 0.15) is 66.1 Å². The summed E-state index contributed by atoms with van der Waals surface area (Å²) in [6, 6.07) is 3.16. The molecule has 178 valence electrons. The van der Waals surface area contributed by atoms with E-state index >= 15 is 0 Å². The Labute approximate surface area is 192 Å². The fourth-order valence-electron chi connectivity index (χ4n) is 4.54. The van der Waals surface area contributed by atoms with Crippen LogP contribution in [-0.4, -0.2) is 55.2 Å². The molecule has 1 aliphatic rings. The Morgan fingerprint density at radius 3 is 2.73 bits per heavy atom. The first-order chi connectivity index (χ1) is 15.7. The molecule has 1 saturated carbocycles. The summed E-state index contributed by atoms with van der Waals surface area (Å²) < 4.78 is 31.0. The molecule has 4 rings (SSSR count). The number of halogens is 2. The van der Waals surface area contributed by atoms with Crippen LogP contribution >= 0.6 is 0 Å². The first kappa shape index (κ1) is 23.3. The van der Waals surface area contributed by atoms with Gasteiger partial charge in [0.15, 0.2) is 5.65 Å². The van der Waals surface area contributed by atoms with Gasteiger partial charge in [-0.05, 0) is 64.4 Å². The van der Waals surface area contributed by atoms with E-state index in [0.29, 0.717) is 36.4 Å². The Balaban J connectivity index is 1.68. The molecule has 1 N–H and O–H groups in total. The number of aromatic nitrogens is 5. The Kier molecular flexibility index (Phi) is 6.47. The smallest absolute Gasteiger partial charge is 0.270 e. The lowest BCUT2D eigenvalue weighted by molar-refractivity contribution is -0.0495. The highest BCUT2D eigenvalue weighted by Gasteiger charge is 2.39. The molecule has 10 heteroatoms. The third-order valence-corrected chi connectivity index (χ3v) is 6.33. The van der Waals surface area contributed by atoms with Crippen LogP contribution in [0.2, 0.25) is 0 Å². The highest BCUT2D eigenvalue weighted by atomic mass is 19.3. The zero-order valence-electron chi connectivity index (χ0n) is 19.6. The third-order valence-electron chi connectivity index (χ3n) is 6.33. The minimum Gasteiger partial charge on any atom is -0.342 e. The topological polar surface area (TPSA) is 80.3 Å². The van der Waals surface area contributed by atoms with Gasteiger partial charge in [0.2, 0.25) is 5.92 Å². The molecule has 0 bridgehead atoms. The van der Waals surface area contributed by atoms with Crippen molar-refractivity contribution in [2.24, 2.45) is 5.92 Å². The minimum absolute atomic E-state index is 0.140. The number of nitrogens with zero attached hydrogens (tertiary/aromatic N) is 6. The highest BCUT2D eigenvalue weighted by molar-refractivity contribution is 5.92. The van der Waals surface area contributed by atoms with Crippen LogP contribution in [-0.2, 0) is 13.1 Å². The first-order valence-electron chi connectivity index (χ1n) is 11.4. The summed E-state index contributed by atoms with van der Waals surface area (Å²) >= 11 is 0. The molecule has 0 aromatic carbocycles. The molecular formula is C23H31F2N7O. The zero-order valence-corrected chi connectivity index (χ0v) is 19.6. The molecule has 33 heavy (non-hydrogen) atoms. The minimum atomic E-state index is -2.65. The number of fused-ring (bicyclic) bond motifs is 1. The van der Waals surface area contributed by atoms with Crippen LogP contribution in [0.25, 0.3) is 5.65 Å². The van der Waals surface area contributed by atoms with Crippen molar-refractivity contribution in [1.82, 2.24) is 34.6 Å². The Morgan fingerprint density at radius 1 is 1.33 bits per heavy atom. The van der Waals surface area contributed by atoms with Crippen molar-refractivity contribution >= 4 is 11.6 Å². The van der Waals surface area contributed by atoms with Crippen LogP contribution < -0.4 is 5.32 Å².